The van der Waals surface area contributed by atoms with Crippen LogP contribution in [0.3, 0.4) is 0 Å². The molecule has 1 aromatic heterocycles. The lowest BCUT2D eigenvalue weighted by Crippen LogP contribution is -2.26. The molecule has 0 unspecified atom stereocenters. The predicted octanol–water partition coefficient (Wildman–Crippen LogP) is 3.81. The first-order valence-corrected chi connectivity index (χ1v) is 11.4. The Labute approximate surface area is 180 Å². The quantitative estimate of drug-likeness (QED) is 0.726. The number of fused-ring (bicyclic) bond motifs is 3. The summed E-state index contributed by atoms with van der Waals surface area (Å²) in [6.07, 6.45) is 7.09. The standard InChI is InChI=1S/C22H28N4O3S/c1-22(2)12-26-20(29-22)17(10-23-26)30-25-21(27)24-19-16-6-4-5-13(16)9-14-7-8-15(11-28-3)18(14)19/h9-10,15,30H,4-8,11-12H2,1-3H3,(H,24,27)/t15-/m1/s1. The van der Waals surface area contributed by atoms with Crippen molar-refractivity contribution in [3.05, 3.63) is 34.5 Å². The van der Waals surface area contributed by atoms with Gasteiger partial charge in [-0.15, -0.1) is 0 Å². The first kappa shape index (κ1) is 19.8. The molecule has 1 N–H and O–H groups in total. The van der Waals surface area contributed by atoms with Gasteiger partial charge >= 0.3 is 6.03 Å². The maximum atomic E-state index is 12.8. The molecule has 0 radical (unpaired) electrons. The summed E-state index contributed by atoms with van der Waals surface area (Å²) in [6, 6.07) is 2.03. The molecule has 7 nitrogen and oxygen atoms in total. The fourth-order valence-electron chi connectivity index (χ4n) is 5.02. The molecule has 0 saturated heterocycles. The van der Waals surface area contributed by atoms with E-state index in [9.17, 15) is 4.79 Å². The van der Waals surface area contributed by atoms with E-state index in [4.69, 9.17) is 9.47 Å². The van der Waals surface area contributed by atoms with E-state index in [-0.39, 0.29) is 11.6 Å². The zero-order valence-electron chi connectivity index (χ0n) is 17.7. The highest BCUT2D eigenvalue weighted by Crippen LogP contribution is 2.44. The molecular weight excluding hydrogens is 400 g/mol. The molecule has 2 heterocycles. The SMILES string of the molecule is COC[C@H]1CCc2cc3c(c(NC(=O)/N=[SH]/c4cnn5c4OC(C)(C)C5)c21)CCC3. The number of aromatic nitrogens is 2. The van der Waals surface area contributed by atoms with Crippen LogP contribution in [0, 0.1) is 0 Å². The van der Waals surface area contributed by atoms with Crippen molar-refractivity contribution in [2.75, 3.05) is 19.0 Å². The number of nitrogens with one attached hydrogen (secondary N) is 1. The smallest absolute Gasteiger partial charge is 0.351 e. The number of rotatable bonds is 4. The Hall–Kier alpha value is -2.19. The maximum Gasteiger partial charge on any atom is 0.351 e. The second-order valence-electron chi connectivity index (χ2n) is 8.99. The molecule has 5 rings (SSSR count). The molecular formula is C22H28N4O3S. The highest BCUT2D eigenvalue weighted by molar-refractivity contribution is 7.68. The number of methoxy groups -OCH3 is 1. The number of ether oxygens (including phenoxy) is 2. The van der Waals surface area contributed by atoms with Crippen molar-refractivity contribution in [3.8, 4) is 5.88 Å². The molecule has 2 aliphatic carbocycles. The number of hydrogen-bond acceptors (Lipinski definition) is 4. The van der Waals surface area contributed by atoms with E-state index in [0.717, 1.165) is 42.7 Å². The van der Waals surface area contributed by atoms with Gasteiger partial charge in [0, 0.05) is 18.7 Å². The average molecular weight is 429 g/mol. The van der Waals surface area contributed by atoms with Gasteiger partial charge in [-0.2, -0.15) is 9.46 Å². The predicted molar refractivity (Wildman–Crippen MR) is 117 cm³/mol. The molecule has 0 spiro atoms. The summed E-state index contributed by atoms with van der Waals surface area (Å²) in [7, 11) is 1.74. The van der Waals surface area contributed by atoms with Crippen LogP contribution in [-0.2, 0) is 42.1 Å². The monoisotopic (exact) mass is 428 g/mol. The van der Waals surface area contributed by atoms with Crippen molar-refractivity contribution in [2.45, 2.75) is 68.9 Å². The molecule has 160 valence electrons. The summed E-state index contributed by atoms with van der Waals surface area (Å²) in [5.74, 6) is 1.04. The topological polar surface area (TPSA) is 77.7 Å². The summed E-state index contributed by atoms with van der Waals surface area (Å²) in [4.78, 5) is 13.6. The van der Waals surface area contributed by atoms with Gasteiger partial charge in [-0.05, 0) is 68.2 Å². The van der Waals surface area contributed by atoms with Crippen LogP contribution >= 0.6 is 0 Å². The van der Waals surface area contributed by atoms with E-state index in [2.05, 4.69) is 20.8 Å². The van der Waals surface area contributed by atoms with E-state index >= 15 is 0 Å². The first-order valence-electron chi connectivity index (χ1n) is 10.6. The van der Waals surface area contributed by atoms with E-state index in [1.54, 1.807) is 13.3 Å². The van der Waals surface area contributed by atoms with Crippen molar-refractivity contribution >= 4 is 23.3 Å². The van der Waals surface area contributed by atoms with Gasteiger partial charge in [-0.3, -0.25) is 0 Å². The number of carbonyl (C=O) groups excluding carboxylic acids is 1. The van der Waals surface area contributed by atoms with Crippen molar-refractivity contribution in [2.24, 2.45) is 4.36 Å². The number of hydrogen-bond donors (Lipinski definition) is 2. The van der Waals surface area contributed by atoms with Gasteiger partial charge in [0.15, 0.2) is 0 Å². The highest BCUT2D eigenvalue weighted by atomic mass is 32.1. The molecule has 1 aliphatic heterocycles. The molecule has 1 aromatic carbocycles. The Morgan fingerprint density at radius 1 is 1.40 bits per heavy atom. The summed E-state index contributed by atoms with van der Waals surface area (Å²) in [5, 5.41) is 7.50. The maximum absolute atomic E-state index is 12.8. The summed E-state index contributed by atoms with van der Waals surface area (Å²) < 4.78 is 17.5. The summed E-state index contributed by atoms with van der Waals surface area (Å²) in [6.45, 7) is 5.44. The third-order valence-electron chi connectivity index (χ3n) is 6.22. The van der Waals surface area contributed by atoms with E-state index < -0.39 is 0 Å². The number of urea groups is 1. The number of nitrogens with zero attached hydrogens (tertiary/aromatic N) is 3. The number of amides is 2. The largest absolute Gasteiger partial charge is 0.469 e. The summed E-state index contributed by atoms with van der Waals surface area (Å²) in [5.41, 5.74) is 5.99. The highest BCUT2D eigenvalue weighted by Gasteiger charge is 2.33. The van der Waals surface area contributed by atoms with Crippen LogP contribution in [0.1, 0.15) is 54.9 Å². The van der Waals surface area contributed by atoms with Crippen molar-refractivity contribution in [3.63, 3.8) is 0 Å². The van der Waals surface area contributed by atoms with E-state index in [0.29, 0.717) is 36.5 Å². The normalized spacial score (nSPS) is 21.1. The van der Waals surface area contributed by atoms with Crippen LogP contribution in [0.25, 0.3) is 0 Å². The van der Waals surface area contributed by atoms with Gasteiger partial charge in [0.05, 0.1) is 24.2 Å². The minimum atomic E-state index is -0.320. The molecule has 0 saturated carbocycles. The summed E-state index contributed by atoms with van der Waals surface area (Å²) >= 11 is 0.546. The number of anilines is 1. The van der Waals surface area contributed by atoms with Crippen LogP contribution in [0.15, 0.2) is 21.5 Å². The Kier molecular flexibility index (Phi) is 4.94. The average Bonchev–Trinajstić information content (AvgIpc) is 3.44. The molecule has 8 heteroatoms. The van der Waals surface area contributed by atoms with Crippen LogP contribution in [0.5, 0.6) is 5.88 Å². The molecule has 1 atom stereocenters. The zero-order chi connectivity index (χ0) is 20.9. The molecule has 2 aromatic rings. The van der Waals surface area contributed by atoms with Crippen LogP contribution in [-0.4, -0.2) is 35.1 Å². The van der Waals surface area contributed by atoms with Crippen LogP contribution in [0.4, 0.5) is 10.5 Å². The van der Waals surface area contributed by atoms with Gasteiger partial charge < -0.3 is 14.8 Å². The third kappa shape index (κ3) is 3.46. The van der Waals surface area contributed by atoms with Crippen molar-refractivity contribution < 1.29 is 14.3 Å². The first-order chi connectivity index (χ1) is 14.4. The number of carbonyl (C=O) groups is 1. The molecule has 30 heavy (non-hydrogen) atoms. The zero-order valence-corrected chi connectivity index (χ0v) is 18.6. The molecule has 0 bridgehead atoms. The third-order valence-corrected chi connectivity index (χ3v) is 7.03. The minimum Gasteiger partial charge on any atom is -0.469 e. The van der Waals surface area contributed by atoms with Gasteiger partial charge in [-0.25, -0.2) is 9.48 Å². The second-order valence-corrected chi connectivity index (χ2v) is 9.87. The Balaban J connectivity index is 1.41. The number of thiol groups is 1. The Bertz CT molecular complexity index is 1040. The van der Waals surface area contributed by atoms with Crippen LogP contribution in [0.2, 0.25) is 0 Å². The Morgan fingerprint density at radius 3 is 3.10 bits per heavy atom. The van der Waals surface area contributed by atoms with E-state index in [1.165, 1.54) is 22.3 Å². The van der Waals surface area contributed by atoms with Crippen molar-refractivity contribution in [1.29, 1.82) is 0 Å². The van der Waals surface area contributed by atoms with Gasteiger partial charge in [0.25, 0.3) is 0 Å². The fourth-order valence-corrected chi connectivity index (χ4v) is 5.62. The lowest BCUT2D eigenvalue weighted by Gasteiger charge is -2.19. The molecule has 3 aliphatic rings. The minimum absolute atomic E-state index is 0.280. The lowest BCUT2D eigenvalue weighted by atomic mass is 9.94. The van der Waals surface area contributed by atoms with E-state index in [1.807, 2.05) is 18.5 Å². The van der Waals surface area contributed by atoms with Gasteiger partial charge in [-0.1, -0.05) is 17.6 Å². The van der Waals surface area contributed by atoms with Gasteiger partial charge in [0.2, 0.25) is 5.88 Å². The lowest BCUT2D eigenvalue weighted by molar-refractivity contribution is 0.132. The Morgan fingerprint density at radius 2 is 2.27 bits per heavy atom. The second kappa shape index (κ2) is 7.50. The van der Waals surface area contributed by atoms with Crippen molar-refractivity contribution in [1.82, 2.24) is 9.78 Å². The molecule has 0 fully saturated rings. The number of aryl methyl sites for hydroxylation is 2. The molecule has 2 amide bonds. The van der Waals surface area contributed by atoms with Gasteiger partial charge in [0.1, 0.15) is 5.60 Å². The number of benzene rings is 1. The fraction of sp³-hybridized carbons (Fsp3) is 0.545. The van der Waals surface area contributed by atoms with Crippen LogP contribution < -0.4 is 10.1 Å².